The monoisotopic (exact) mass is 250 g/mol. The summed E-state index contributed by atoms with van der Waals surface area (Å²) in [6.45, 7) is 2.70. The number of aromatic nitrogens is 3. The fraction of sp³-hybridized carbons (Fsp3) is 0.500. The Kier molecular flexibility index (Phi) is 4.11. The van der Waals surface area contributed by atoms with E-state index in [0.29, 0.717) is 18.7 Å². The first-order valence-electron chi connectivity index (χ1n) is 5.95. The third kappa shape index (κ3) is 3.18. The van der Waals surface area contributed by atoms with E-state index in [2.05, 4.69) is 15.6 Å². The smallest absolute Gasteiger partial charge is 0.132 e. The maximum Gasteiger partial charge on any atom is 0.132 e. The highest BCUT2D eigenvalue weighted by atomic mass is 16.4. The first-order valence-corrected chi connectivity index (χ1v) is 5.95. The number of nitrogens with one attached hydrogen (secondary N) is 1. The molecule has 6 nitrogen and oxygen atoms in total. The molecule has 2 aromatic heterocycles. The van der Waals surface area contributed by atoms with Gasteiger partial charge in [0.25, 0.3) is 0 Å². The van der Waals surface area contributed by atoms with Gasteiger partial charge in [-0.1, -0.05) is 5.21 Å². The van der Waals surface area contributed by atoms with Gasteiger partial charge < -0.3 is 14.8 Å². The van der Waals surface area contributed by atoms with Crippen molar-refractivity contribution in [2.75, 3.05) is 0 Å². The fourth-order valence-electron chi connectivity index (χ4n) is 1.77. The van der Waals surface area contributed by atoms with E-state index in [1.807, 2.05) is 14.0 Å². The summed E-state index contributed by atoms with van der Waals surface area (Å²) in [5, 5.41) is 20.9. The van der Waals surface area contributed by atoms with Crippen molar-refractivity contribution in [3.63, 3.8) is 0 Å². The van der Waals surface area contributed by atoms with E-state index < -0.39 is 6.10 Å². The molecule has 0 amide bonds. The molecule has 2 rings (SSSR count). The van der Waals surface area contributed by atoms with E-state index in [4.69, 9.17) is 4.42 Å². The summed E-state index contributed by atoms with van der Waals surface area (Å²) in [6.07, 6.45) is 3.31. The van der Waals surface area contributed by atoms with Crippen LogP contribution in [-0.4, -0.2) is 26.1 Å². The van der Waals surface area contributed by atoms with E-state index in [9.17, 15) is 5.11 Å². The first kappa shape index (κ1) is 12.8. The molecule has 0 bridgehead atoms. The number of aliphatic hydroxyl groups excluding tert-OH is 1. The average molecular weight is 250 g/mol. The maximum atomic E-state index is 9.93. The molecule has 2 heterocycles. The molecule has 0 spiro atoms. The lowest BCUT2D eigenvalue weighted by Crippen LogP contribution is -2.28. The van der Waals surface area contributed by atoms with Gasteiger partial charge >= 0.3 is 0 Å². The molecule has 2 atom stereocenters. The van der Waals surface area contributed by atoms with Crippen molar-refractivity contribution in [3.8, 4) is 0 Å². The predicted molar refractivity (Wildman–Crippen MR) is 65.6 cm³/mol. The molecule has 0 saturated carbocycles. The van der Waals surface area contributed by atoms with Crippen LogP contribution in [0.1, 0.15) is 30.9 Å². The number of hydrogen-bond donors (Lipinski definition) is 2. The highest BCUT2D eigenvalue weighted by molar-refractivity contribution is 5.02. The lowest BCUT2D eigenvalue weighted by Gasteiger charge is -2.16. The molecule has 0 aliphatic heterocycles. The molecule has 0 fully saturated rings. The summed E-state index contributed by atoms with van der Waals surface area (Å²) in [7, 11) is 1.85. The zero-order chi connectivity index (χ0) is 13.0. The van der Waals surface area contributed by atoms with Crippen LogP contribution in [0, 0.1) is 0 Å². The zero-order valence-electron chi connectivity index (χ0n) is 10.6. The van der Waals surface area contributed by atoms with Crippen molar-refractivity contribution in [1.29, 1.82) is 0 Å². The van der Waals surface area contributed by atoms with Crippen LogP contribution in [0.4, 0.5) is 0 Å². The number of rotatable bonds is 6. The molecule has 0 aromatic carbocycles. The summed E-state index contributed by atoms with van der Waals surface area (Å²) in [6, 6.07) is 3.72. The van der Waals surface area contributed by atoms with Crippen molar-refractivity contribution in [1.82, 2.24) is 20.3 Å². The minimum Gasteiger partial charge on any atom is -0.467 e. The van der Waals surface area contributed by atoms with Crippen LogP contribution in [0.25, 0.3) is 0 Å². The predicted octanol–water partition coefficient (Wildman–Crippen LogP) is 1.01. The highest BCUT2D eigenvalue weighted by Crippen LogP contribution is 2.18. The van der Waals surface area contributed by atoms with E-state index in [1.165, 1.54) is 0 Å². The number of nitrogens with zero attached hydrogens (tertiary/aromatic N) is 3. The van der Waals surface area contributed by atoms with Crippen molar-refractivity contribution in [3.05, 3.63) is 36.0 Å². The van der Waals surface area contributed by atoms with E-state index >= 15 is 0 Å². The Morgan fingerprint density at radius 2 is 2.39 bits per heavy atom. The van der Waals surface area contributed by atoms with Crippen LogP contribution >= 0.6 is 0 Å². The molecule has 0 saturated heterocycles. The third-order valence-electron chi connectivity index (χ3n) is 2.89. The van der Waals surface area contributed by atoms with Crippen LogP contribution in [0.5, 0.6) is 0 Å². The molecule has 2 unspecified atom stereocenters. The summed E-state index contributed by atoms with van der Waals surface area (Å²) < 4.78 is 6.89. The van der Waals surface area contributed by atoms with Crippen LogP contribution < -0.4 is 5.32 Å². The molecule has 0 aliphatic carbocycles. The Morgan fingerprint density at radius 3 is 3.00 bits per heavy atom. The Balaban J connectivity index is 1.79. The van der Waals surface area contributed by atoms with Gasteiger partial charge in [0.05, 0.1) is 18.2 Å². The zero-order valence-corrected chi connectivity index (χ0v) is 10.6. The van der Waals surface area contributed by atoms with Crippen molar-refractivity contribution in [2.45, 2.75) is 32.0 Å². The summed E-state index contributed by atoms with van der Waals surface area (Å²) in [5.41, 5.74) is 1.01. The Hall–Kier alpha value is -1.66. The van der Waals surface area contributed by atoms with Gasteiger partial charge in [-0.25, -0.2) is 0 Å². The molecular formula is C12H18N4O2. The summed E-state index contributed by atoms with van der Waals surface area (Å²) in [5.74, 6) is 0.603. The van der Waals surface area contributed by atoms with Gasteiger partial charge in [-0.2, -0.15) is 0 Å². The molecule has 6 heteroatoms. The van der Waals surface area contributed by atoms with Crippen molar-refractivity contribution in [2.24, 2.45) is 7.05 Å². The molecule has 0 aliphatic rings. The second-order valence-corrected chi connectivity index (χ2v) is 4.40. The summed E-state index contributed by atoms with van der Waals surface area (Å²) >= 11 is 0. The van der Waals surface area contributed by atoms with Crippen molar-refractivity contribution >= 4 is 0 Å². The number of hydrogen-bond acceptors (Lipinski definition) is 5. The lowest BCUT2D eigenvalue weighted by atomic mass is 10.1. The van der Waals surface area contributed by atoms with Crippen LogP contribution in [0.2, 0.25) is 0 Å². The Labute approximate surface area is 106 Å². The Morgan fingerprint density at radius 1 is 1.56 bits per heavy atom. The molecule has 0 radical (unpaired) electrons. The number of aryl methyl sites for hydroxylation is 1. The summed E-state index contributed by atoms with van der Waals surface area (Å²) in [4.78, 5) is 0. The fourth-order valence-corrected chi connectivity index (χ4v) is 1.77. The SMILES string of the molecule is CC(CC(O)c1ccco1)NCc1cnnn1C. The van der Waals surface area contributed by atoms with E-state index in [-0.39, 0.29) is 6.04 Å². The van der Waals surface area contributed by atoms with Gasteiger partial charge in [-0.15, -0.1) is 5.10 Å². The molecule has 2 N–H and O–H groups in total. The normalized spacial score (nSPS) is 14.6. The van der Waals surface area contributed by atoms with Crippen molar-refractivity contribution < 1.29 is 9.52 Å². The van der Waals surface area contributed by atoms with Crippen LogP contribution in [-0.2, 0) is 13.6 Å². The molecule has 18 heavy (non-hydrogen) atoms. The highest BCUT2D eigenvalue weighted by Gasteiger charge is 2.14. The largest absolute Gasteiger partial charge is 0.467 e. The van der Waals surface area contributed by atoms with Crippen LogP contribution in [0.15, 0.2) is 29.0 Å². The number of aliphatic hydroxyl groups is 1. The van der Waals surface area contributed by atoms with Gasteiger partial charge in [0.1, 0.15) is 11.9 Å². The van der Waals surface area contributed by atoms with Gasteiger partial charge in [0, 0.05) is 19.6 Å². The average Bonchev–Trinajstić information content (AvgIpc) is 2.97. The lowest BCUT2D eigenvalue weighted by molar-refractivity contribution is 0.128. The van der Waals surface area contributed by atoms with E-state index in [1.54, 1.807) is 29.3 Å². The minimum atomic E-state index is -0.577. The van der Waals surface area contributed by atoms with Gasteiger partial charge in [0.15, 0.2) is 0 Å². The van der Waals surface area contributed by atoms with Gasteiger partial charge in [-0.3, -0.25) is 4.68 Å². The second kappa shape index (κ2) is 5.79. The van der Waals surface area contributed by atoms with Gasteiger partial charge in [0.2, 0.25) is 0 Å². The first-order chi connectivity index (χ1) is 8.66. The second-order valence-electron chi connectivity index (χ2n) is 4.40. The standard InChI is InChI=1S/C12H18N4O2/c1-9(6-11(17)12-4-3-5-18-12)13-7-10-8-14-15-16(10)2/h3-5,8-9,11,13,17H,6-7H2,1-2H3. The minimum absolute atomic E-state index is 0.167. The maximum absolute atomic E-state index is 9.93. The number of furan rings is 1. The third-order valence-corrected chi connectivity index (χ3v) is 2.89. The Bertz CT molecular complexity index is 466. The molecular weight excluding hydrogens is 232 g/mol. The van der Waals surface area contributed by atoms with Crippen LogP contribution in [0.3, 0.4) is 0 Å². The van der Waals surface area contributed by atoms with Gasteiger partial charge in [-0.05, 0) is 25.5 Å². The molecule has 98 valence electrons. The van der Waals surface area contributed by atoms with E-state index in [0.717, 1.165) is 5.69 Å². The topological polar surface area (TPSA) is 76.1 Å². The molecule has 2 aromatic rings. The quantitative estimate of drug-likeness (QED) is 0.800.